The highest BCUT2D eigenvalue weighted by Gasteiger charge is 2.49. The van der Waals surface area contributed by atoms with Gasteiger partial charge in [-0.1, -0.05) is 6.92 Å². The van der Waals surface area contributed by atoms with Gasteiger partial charge in [-0.2, -0.15) is 0 Å². The van der Waals surface area contributed by atoms with Crippen LogP contribution in [0.25, 0.3) is 0 Å². The van der Waals surface area contributed by atoms with E-state index in [4.69, 9.17) is 4.74 Å². The molecule has 0 aromatic rings. The first-order valence-corrected chi connectivity index (χ1v) is 5.63. The Labute approximate surface area is 81.3 Å². The molecule has 2 rings (SSSR count). The topological polar surface area (TPSA) is 12.5 Å². The fourth-order valence-electron chi connectivity index (χ4n) is 2.40. The lowest BCUT2D eigenvalue weighted by atomic mass is 10.1. The van der Waals surface area contributed by atoms with Crippen molar-refractivity contribution in [1.29, 1.82) is 0 Å². The minimum absolute atomic E-state index is 0.464. The predicted octanol–water partition coefficient (Wildman–Crippen LogP) is 2.04. The first-order valence-electron chi connectivity index (χ1n) is 5.63. The summed E-state index contributed by atoms with van der Waals surface area (Å²) in [6.45, 7) is 7.83. The highest BCUT2D eigenvalue weighted by atomic mass is 16.5. The summed E-state index contributed by atoms with van der Waals surface area (Å²) in [5, 5.41) is 0. The van der Waals surface area contributed by atoms with Gasteiger partial charge in [-0.3, -0.25) is 4.90 Å². The van der Waals surface area contributed by atoms with Crippen LogP contribution in [0.1, 0.15) is 39.5 Å². The first kappa shape index (κ1) is 9.47. The van der Waals surface area contributed by atoms with Crippen LogP contribution in [0.5, 0.6) is 0 Å². The van der Waals surface area contributed by atoms with Gasteiger partial charge in [-0.05, 0) is 32.6 Å². The molecule has 1 saturated heterocycles. The molecule has 13 heavy (non-hydrogen) atoms. The number of nitrogens with zero attached hydrogens (tertiary/aromatic N) is 1. The van der Waals surface area contributed by atoms with Crippen molar-refractivity contribution in [3.63, 3.8) is 0 Å². The van der Waals surface area contributed by atoms with E-state index < -0.39 is 0 Å². The highest BCUT2D eigenvalue weighted by Crippen LogP contribution is 2.44. The SMILES string of the molecule is CCC(C)N1CCCOCC12CC2. The van der Waals surface area contributed by atoms with E-state index in [0.29, 0.717) is 5.54 Å². The Kier molecular flexibility index (Phi) is 2.61. The van der Waals surface area contributed by atoms with Crippen molar-refractivity contribution in [2.45, 2.75) is 51.1 Å². The molecule has 1 spiro atoms. The molecule has 0 aromatic heterocycles. The molecule has 0 radical (unpaired) electrons. The van der Waals surface area contributed by atoms with Crippen molar-refractivity contribution in [3.05, 3.63) is 0 Å². The van der Waals surface area contributed by atoms with Crippen molar-refractivity contribution < 1.29 is 4.74 Å². The fraction of sp³-hybridized carbons (Fsp3) is 1.00. The predicted molar refractivity (Wildman–Crippen MR) is 53.9 cm³/mol. The monoisotopic (exact) mass is 183 g/mol. The van der Waals surface area contributed by atoms with Crippen LogP contribution in [-0.2, 0) is 4.74 Å². The van der Waals surface area contributed by atoms with E-state index in [1.54, 1.807) is 0 Å². The van der Waals surface area contributed by atoms with E-state index in [0.717, 1.165) is 19.3 Å². The zero-order chi connectivity index (χ0) is 9.31. The molecule has 2 nitrogen and oxygen atoms in total. The molecular weight excluding hydrogens is 162 g/mol. The van der Waals surface area contributed by atoms with Crippen LogP contribution in [0.2, 0.25) is 0 Å². The van der Waals surface area contributed by atoms with Crippen LogP contribution in [0.3, 0.4) is 0 Å². The van der Waals surface area contributed by atoms with E-state index in [9.17, 15) is 0 Å². The Balaban J connectivity index is 2.04. The lowest BCUT2D eigenvalue weighted by Crippen LogP contribution is -2.45. The Morgan fingerprint density at radius 1 is 1.46 bits per heavy atom. The van der Waals surface area contributed by atoms with Gasteiger partial charge in [-0.15, -0.1) is 0 Å². The number of hydrogen-bond acceptors (Lipinski definition) is 2. The number of hydrogen-bond donors (Lipinski definition) is 0. The van der Waals surface area contributed by atoms with Gasteiger partial charge in [-0.25, -0.2) is 0 Å². The van der Waals surface area contributed by atoms with Gasteiger partial charge in [0, 0.05) is 24.7 Å². The third-order valence-electron chi connectivity index (χ3n) is 3.62. The van der Waals surface area contributed by atoms with Gasteiger partial charge < -0.3 is 4.74 Å². The third-order valence-corrected chi connectivity index (χ3v) is 3.62. The van der Waals surface area contributed by atoms with Crippen molar-refractivity contribution in [1.82, 2.24) is 4.90 Å². The first-order chi connectivity index (χ1) is 6.28. The molecule has 1 unspecified atom stereocenters. The van der Waals surface area contributed by atoms with Crippen LogP contribution < -0.4 is 0 Å². The molecule has 2 aliphatic rings. The molecule has 1 aliphatic heterocycles. The van der Waals surface area contributed by atoms with Gasteiger partial charge >= 0.3 is 0 Å². The second-order valence-electron chi connectivity index (χ2n) is 4.58. The van der Waals surface area contributed by atoms with E-state index in [2.05, 4.69) is 18.7 Å². The summed E-state index contributed by atoms with van der Waals surface area (Å²) in [6, 6.07) is 0.740. The van der Waals surface area contributed by atoms with E-state index in [1.807, 2.05) is 0 Å². The normalized spacial score (nSPS) is 30.0. The smallest absolute Gasteiger partial charge is 0.0650 e. The van der Waals surface area contributed by atoms with Gasteiger partial charge in [0.15, 0.2) is 0 Å². The second-order valence-corrected chi connectivity index (χ2v) is 4.58. The summed E-state index contributed by atoms with van der Waals surface area (Å²) in [7, 11) is 0. The fourth-order valence-corrected chi connectivity index (χ4v) is 2.40. The highest BCUT2D eigenvalue weighted by molar-refractivity contribution is 5.05. The van der Waals surface area contributed by atoms with Crippen LogP contribution in [0.4, 0.5) is 0 Å². The minimum Gasteiger partial charge on any atom is -0.379 e. The average Bonchev–Trinajstić information content (AvgIpc) is 2.94. The Hall–Kier alpha value is -0.0800. The van der Waals surface area contributed by atoms with Crippen LogP contribution >= 0.6 is 0 Å². The van der Waals surface area contributed by atoms with Crippen molar-refractivity contribution >= 4 is 0 Å². The van der Waals surface area contributed by atoms with Crippen molar-refractivity contribution in [2.24, 2.45) is 0 Å². The lowest BCUT2D eigenvalue weighted by molar-refractivity contribution is 0.0674. The zero-order valence-corrected chi connectivity index (χ0v) is 8.88. The molecule has 1 atom stereocenters. The molecule has 0 bridgehead atoms. The zero-order valence-electron chi connectivity index (χ0n) is 8.88. The van der Waals surface area contributed by atoms with Crippen LogP contribution in [0.15, 0.2) is 0 Å². The summed E-state index contributed by atoms with van der Waals surface area (Å²) in [5.41, 5.74) is 0.464. The Bertz CT molecular complexity index is 177. The molecule has 0 aromatic carbocycles. The average molecular weight is 183 g/mol. The Morgan fingerprint density at radius 2 is 2.23 bits per heavy atom. The van der Waals surface area contributed by atoms with Gasteiger partial charge in [0.2, 0.25) is 0 Å². The summed E-state index contributed by atoms with van der Waals surface area (Å²) in [5.74, 6) is 0. The van der Waals surface area contributed by atoms with E-state index in [1.165, 1.54) is 32.2 Å². The summed E-state index contributed by atoms with van der Waals surface area (Å²) < 4.78 is 5.66. The Morgan fingerprint density at radius 3 is 2.85 bits per heavy atom. The molecule has 1 aliphatic carbocycles. The molecule has 2 heteroatoms. The number of rotatable bonds is 2. The molecule has 76 valence electrons. The van der Waals surface area contributed by atoms with Gasteiger partial charge in [0.1, 0.15) is 0 Å². The number of ether oxygens (including phenoxy) is 1. The third kappa shape index (κ3) is 1.75. The van der Waals surface area contributed by atoms with Crippen molar-refractivity contribution in [2.75, 3.05) is 19.8 Å². The minimum atomic E-state index is 0.464. The maximum Gasteiger partial charge on any atom is 0.0650 e. The quantitative estimate of drug-likeness (QED) is 0.649. The second kappa shape index (κ2) is 3.58. The lowest BCUT2D eigenvalue weighted by Gasteiger charge is -2.34. The molecule has 1 heterocycles. The van der Waals surface area contributed by atoms with Gasteiger partial charge in [0.25, 0.3) is 0 Å². The maximum absolute atomic E-state index is 5.66. The molecule has 2 fully saturated rings. The molecular formula is C11H21NO. The van der Waals surface area contributed by atoms with Crippen molar-refractivity contribution in [3.8, 4) is 0 Å². The summed E-state index contributed by atoms with van der Waals surface area (Å²) in [4.78, 5) is 2.69. The largest absolute Gasteiger partial charge is 0.379 e. The molecule has 1 saturated carbocycles. The van der Waals surface area contributed by atoms with E-state index in [-0.39, 0.29) is 0 Å². The van der Waals surface area contributed by atoms with Crippen LogP contribution in [-0.4, -0.2) is 36.2 Å². The molecule has 0 amide bonds. The van der Waals surface area contributed by atoms with Gasteiger partial charge in [0.05, 0.1) is 6.61 Å². The van der Waals surface area contributed by atoms with Crippen LogP contribution in [0, 0.1) is 0 Å². The summed E-state index contributed by atoms with van der Waals surface area (Å²) in [6.07, 6.45) is 5.20. The summed E-state index contributed by atoms with van der Waals surface area (Å²) >= 11 is 0. The van der Waals surface area contributed by atoms with E-state index >= 15 is 0 Å². The standard InChI is InChI=1S/C11H21NO/c1-3-10(2)12-7-4-8-13-9-11(12)5-6-11/h10H,3-9H2,1-2H3. The molecule has 0 N–H and O–H groups in total. The maximum atomic E-state index is 5.66.